The largest absolute Gasteiger partial charge is 0.455 e. The highest BCUT2D eigenvalue weighted by molar-refractivity contribution is 6.30. The van der Waals surface area contributed by atoms with Crippen LogP contribution in [-0.2, 0) is 9.59 Å². The van der Waals surface area contributed by atoms with Gasteiger partial charge < -0.3 is 4.42 Å². The normalized spacial score (nSPS) is 23.8. The number of furan rings is 1. The van der Waals surface area contributed by atoms with Crippen LogP contribution in [-0.4, -0.2) is 23.0 Å². The van der Waals surface area contributed by atoms with Crippen molar-refractivity contribution in [2.75, 3.05) is 0 Å². The van der Waals surface area contributed by atoms with Gasteiger partial charge >= 0.3 is 0 Å². The van der Waals surface area contributed by atoms with E-state index in [1.165, 1.54) is 6.21 Å². The smallest absolute Gasteiger partial charge is 0.254 e. The van der Waals surface area contributed by atoms with Crippen LogP contribution >= 0.6 is 11.6 Å². The number of nitrogens with zero attached hydrogens (tertiary/aromatic N) is 2. The molecular weight excluding hydrogens is 472 g/mol. The summed E-state index contributed by atoms with van der Waals surface area (Å²) in [5, 5.41) is 6.01. The van der Waals surface area contributed by atoms with Gasteiger partial charge in [0.25, 0.3) is 11.8 Å². The summed E-state index contributed by atoms with van der Waals surface area (Å²) in [6.07, 6.45) is 1.44. The van der Waals surface area contributed by atoms with Gasteiger partial charge in [-0.15, -0.1) is 0 Å². The molecular formula is C30H21ClN2O3. The molecule has 1 aromatic heterocycles. The third kappa shape index (κ3) is 2.93. The molecule has 1 saturated heterocycles. The van der Waals surface area contributed by atoms with Crippen LogP contribution in [0.2, 0.25) is 5.02 Å². The Balaban J connectivity index is 1.24. The van der Waals surface area contributed by atoms with Crippen LogP contribution in [0.5, 0.6) is 0 Å². The second kappa shape index (κ2) is 7.77. The highest BCUT2D eigenvalue weighted by atomic mass is 35.5. The van der Waals surface area contributed by atoms with Crippen LogP contribution in [0, 0.1) is 18.8 Å². The van der Waals surface area contributed by atoms with Crippen molar-refractivity contribution in [3.05, 3.63) is 117 Å². The average molecular weight is 493 g/mol. The van der Waals surface area contributed by atoms with Crippen LogP contribution in [0.3, 0.4) is 0 Å². The van der Waals surface area contributed by atoms with E-state index in [4.69, 9.17) is 16.0 Å². The first-order chi connectivity index (χ1) is 17.5. The molecule has 6 heteroatoms. The van der Waals surface area contributed by atoms with Gasteiger partial charge in [0.1, 0.15) is 11.5 Å². The van der Waals surface area contributed by atoms with E-state index in [-0.39, 0.29) is 23.7 Å². The number of halogens is 1. The first-order valence-electron chi connectivity index (χ1n) is 12.0. The molecule has 2 bridgehead atoms. The summed E-state index contributed by atoms with van der Waals surface area (Å²) in [6.45, 7) is 1.98. The summed E-state index contributed by atoms with van der Waals surface area (Å²) in [7, 11) is 0. The van der Waals surface area contributed by atoms with E-state index < -0.39 is 11.8 Å². The molecule has 176 valence electrons. The highest BCUT2D eigenvalue weighted by Gasteiger charge is 2.61. The van der Waals surface area contributed by atoms with Gasteiger partial charge in [-0.2, -0.15) is 10.1 Å². The standard InChI is InChI=1S/C30H21ClN2O3/c1-16-10-11-17(31)14-23(16)24-13-12-18(36-24)15-32-33-29(34)27-25-19-6-2-3-7-20(19)26(28(27)30(33)35)22-9-5-4-8-21(22)25/h2-15,25-28H,1H3/b32-15-/t25?,26?,27-,28+. The Bertz CT molecular complexity index is 1490. The molecule has 3 aliphatic carbocycles. The topological polar surface area (TPSA) is 62.9 Å². The number of hydrazone groups is 1. The fourth-order valence-corrected chi connectivity index (χ4v) is 6.49. The minimum absolute atomic E-state index is 0.148. The zero-order chi connectivity index (χ0) is 24.6. The molecule has 0 unspecified atom stereocenters. The van der Waals surface area contributed by atoms with Crippen LogP contribution in [0.25, 0.3) is 11.3 Å². The molecule has 2 atom stereocenters. The molecule has 4 aliphatic rings. The van der Waals surface area contributed by atoms with Crippen LogP contribution in [0.15, 0.2) is 88.4 Å². The Morgan fingerprint density at radius 2 is 1.36 bits per heavy atom. The first-order valence-corrected chi connectivity index (χ1v) is 12.4. The zero-order valence-corrected chi connectivity index (χ0v) is 20.1. The van der Waals surface area contributed by atoms with Gasteiger partial charge in [0.2, 0.25) is 0 Å². The third-order valence-corrected chi connectivity index (χ3v) is 8.05. The van der Waals surface area contributed by atoms with E-state index in [1.54, 1.807) is 6.07 Å². The van der Waals surface area contributed by atoms with Gasteiger partial charge in [-0.05, 0) is 59.0 Å². The second-order valence-corrected chi connectivity index (χ2v) is 10.1. The highest BCUT2D eigenvalue weighted by Crippen LogP contribution is 2.60. The number of imide groups is 1. The minimum atomic E-state index is -0.453. The molecule has 0 spiro atoms. The predicted molar refractivity (Wildman–Crippen MR) is 137 cm³/mol. The number of hydrogen-bond acceptors (Lipinski definition) is 4. The number of carbonyl (C=O) groups is 2. The van der Waals surface area contributed by atoms with Crippen molar-refractivity contribution in [2.45, 2.75) is 18.8 Å². The Kier molecular flexibility index (Phi) is 4.60. The van der Waals surface area contributed by atoms with Crippen LogP contribution in [0.4, 0.5) is 0 Å². The molecule has 3 aromatic carbocycles. The van der Waals surface area contributed by atoms with Gasteiger partial charge in [-0.3, -0.25) is 9.59 Å². The summed E-state index contributed by atoms with van der Waals surface area (Å²) in [4.78, 5) is 27.3. The van der Waals surface area contributed by atoms with Crippen molar-refractivity contribution in [3.8, 4) is 11.3 Å². The Morgan fingerprint density at radius 1 is 0.806 bits per heavy atom. The van der Waals surface area contributed by atoms with Crippen molar-refractivity contribution in [1.82, 2.24) is 5.01 Å². The number of hydrogen-bond donors (Lipinski definition) is 0. The van der Waals surface area contributed by atoms with Gasteiger partial charge in [0.05, 0.1) is 18.1 Å². The Morgan fingerprint density at radius 3 is 1.92 bits per heavy atom. The quantitative estimate of drug-likeness (QED) is 0.255. The molecule has 2 amide bonds. The molecule has 4 aromatic rings. The summed E-state index contributed by atoms with van der Waals surface area (Å²) in [5.41, 5.74) is 6.47. The second-order valence-electron chi connectivity index (χ2n) is 9.66. The maximum absolute atomic E-state index is 13.6. The summed E-state index contributed by atoms with van der Waals surface area (Å²) >= 11 is 6.16. The van der Waals surface area contributed by atoms with Crippen molar-refractivity contribution >= 4 is 29.6 Å². The van der Waals surface area contributed by atoms with Crippen molar-refractivity contribution in [1.29, 1.82) is 0 Å². The fraction of sp³-hybridized carbons (Fsp3) is 0.167. The van der Waals surface area contributed by atoms with Gasteiger partial charge in [-0.1, -0.05) is 66.2 Å². The molecule has 0 radical (unpaired) electrons. The SMILES string of the molecule is Cc1ccc(Cl)cc1-c1ccc(/C=N\N2C(=O)[C@@H]3C4c5ccccc5C(c5ccccc54)[C@@H]3C2=O)o1. The number of rotatable bonds is 3. The molecule has 0 saturated carbocycles. The van der Waals surface area contributed by atoms with E-state index >= 15 is 0 Å². The fourth-order valence-electron chi connectivity index (χ4n) is 6.32. The van der Waals surface area contributed by atoms with Crippen molar-refractivity contribution < 1.29 is 14.0 Å². The van der Waals surface area contributed by atoms with E-state index in [1.807, 2.05) is 55.5 Å². The lowest BCUT2D eigenvalue weighted by atomic mass is 9.55. The van der Waals surface area contributed by atoms with Gasteiger partial charge in [0, 0.05) is 22.4 Å². The summed E-state index contributed by atoms with van der Waals surface area (Å²) in [5.74, 6) is -0.607. The molecule has 8 rings (SSSR count). The average Bonchev–Trinajstić information content (AvgIpc) is 3.47. The van der Waals surface area contributed by atoms with E-state index in [2.05, 4.69) is 29.4 Å². The number of aryl methyl sites for hydroxylation is 1. The molecule has 2 heterocycles. The monoisotopic (exact) mass is 492 g/mol. The van der Waals surface area contributed by atoms with Crippen LogP contribution < -0.4 is 0 Å². The van der Waals surface area contributed by atoms with Crippen molar-refractivity contribution in [3.63, 3.8) is 0 Å². The Labute approximate surface area is 213 Å². The lowest BCUT2D eigenvalue weighted by Crippen LogP contribution is -2.41. The maximum atomic E-state index is 13.6. The Hall–Kier alpha value is -3.96. The van der Waals surface area contributed by atoms with E-state index in [0.29, 0.717) is 16.5 Å². The van der Waals surface area contributed by atoms with E-state index in [9.17, 15) is 9.59 Å². The lowest BCUT2D eigenvalue weighted by molar-refractivity contribution is -0.139. The number of benzene rings is 3. The third-order valence-electron chi connectivity index (χ3n) is 7.82. The van der Waals surface area contributed by atoms with Crippen LogP contribution in [0.1, 0.15) is 45.4 Å². The van der Waals surface area contributed by atoms with E-state index in [0.717, 1.165) is 38.4 Å². The molecule has 1 aliphatic heterocycles. The molecule has 36 heavy (non-hydrogen) atoms. The lowest BCUT2D eigenvalue weighted by Gasteiger charge is -2.45. The predicted octanol–water partition coefficient (Wildman–Crippen LogP) is 6.13. The number of carbonyl (C=O) groups excluding carboxylic acids is 2. The van der Waals surface area contributed by atoms with Gasteiger partial charge in [0.15, 0.2) is 0 Å². The molecule has 5 nitrogen and oxygen atoms in total. The first kappa shape index (κ1) is 21.3. The molecule has 0 N–H and O–H groups in total. The molecule has 1 fully saturated rings. The maximum Gasteiger partial charge on any atom is 0.254 e. The summed E-state index contributed by atoms with van der Waals surface area (Å²) < 4.78 is 5.95. The van der Waals surface area contributed by atoms with Gasteiger partial charge in [-0.25, -0.2) is 0 Å². The zero-order valence-electron chi connectivity index (χ0n) is 19.4. The summed E-state index contributed by atoms with van der Waals surface area (Å²) in [6, 6.07) is 25.6. The minimum Gasteiger partial charge on any atom is -0.455 e. The number of amides is 2. The van der Waals surface area contributed by atoms with Crippen molar-refractivity contribution in [2.24, 2.45) is 16.9 Å².